The first-order chi connectivity index (χ1) is 7.18. The van der Waals surface area contributed by atoms with Gasteiger partial charge in [0.25, 0.3) is 0 Å². The molecule has 1 heterocycles. The lowest BCUT2D eigenvalue weighted by Gasteiger charge is -2.18. The molecule has 0 unspecified atom stereocenters. The molecule has 0 radical (unpaired) electrons. The Hall–Kier alpha value is -1.55. The van der Waals surface area contributed by atoms with E-state index in [-0.39, 0.29) is 5.91 Å². The standard InChI is InChI=1S/C11H15N3O/c1-9(15)13-6-7-14(12)11-5-3-2-4-10(11)8-13/h2-5H,6-8,12H2,1H3. The van der Waals surface area contributed by atoms with Crippen molar-refractivity contribution in [2.45, 2.75) is 13.5 Å². The number of hydrogen-bond acceptors (Lipinski definition) is 3. The SMILES string of the molecule is CC(=O)N1CCN(N)c2ccccc2C1. The van der Waals surface area contributed by atoms with Crippen LogP contribution in [0, 0.1) is 0 Å². The fraction of sp³-hybridized carbons (Fsp3) is 0.364. The number of hydrogen-bond donors (Lipinski definition) is 1. The number of rotatable bonds is 0. The summed E-state index contributed by atoms with van der Waals surface area (Å²) < 4.78 is 0. The fourth-order valence-corrected chi connectivity index (χ4v) is 1.83. The predicted octanol–water partition coefficient (Wildman–Crippen LogP) is 0.729. The highest BCUT2D eigenvalue weighted by molar-refractivity contribution is 5.74. The van der Waals surface area contributed by atoms with Crippen LogP contribution >= 0.6 is 0 Å². The van der Waals surface area contributed by atoms with Crippen LogP contribution in [0.3, 0.4) is 0 Å². The van der Waals surface area contributed by atoms with Crippen LogP contribution in [0.5, 0.6) is 0 Å². The summed E-state index contributed by atoms with van der Waals surface area (Å²) in [7, 11) is 0. The number of nitrogens with two attached hydrogens (primary N) is 1. The van der Waals surface area contributed by atoms with Gasteiger partial charge in [0, 0.05) is 20.0 Å². The van der Waals surface area contributed by atoms with Gasteiger partial charge in [-0.05, 0) is 11.6 Å². The Morgan fingerprint density at radius 1 is 1.33 bits per heavy atom. The molecular formula is C11H15N3O. The van der Waals surface area contributed by atoms with Gasteiger partial charge in [0.1, 0.15) is 0 Å². The molecule has 1 aromatic rings. The fourth-order valence-electron chi connectivity index (χ4n) is 1.83. The van der Waals surface area contributed by atoms with Crippen LogP contribution in [0.15, 0.2) is 24.3 Å². The largest absolute Gasteiger partial charge is 0.337 e. The minimum Gasteiger partial charge on any atom is -0.337 e. The van der Waals surface area contributed by atoms with Crippen molar-refractivity contribution in [2.24, 2.45) is 5.84 Å². The second-order valence-corrected chi connectivity index (χ2v) is 3.76. The summed E-state index contributed by atoms with van der Waals surface area (Å²) in [6.45, 7) is 3.60. The molecule has 0 saturated heterocycles. The maximum absolute atomic E-state index is 11.3. The molecule has 4 nitrogen and oxygen atoms in total. The molecule has 0 spiro atoms. The molecule has 80 valence electrons. The van der Waals surface area contributed by atoms with Crippen molar-refractivity contribution in [2.75, 3.05) is 18.1 Å². The minimum atomic E-state index is 0.0973. The Morgan fingerprint density at radius 3 is 2.80 bits per heavy atom. The summed E-state index contributed by atoms with van der Waals surface area (Å²) in [4.78, 5) is 13.1. The first-order valence-corrected chi connectivity index (χ1v) is 5.04. The van der Waals surface area contributed by atoms with Crippen LogP contribution in [0.4, 0.5) is 5.69 Å². The highest BCUT2D eigenvalue weighted by Crippen LogP contribution is 2.22. The lowest BCUT2D eigenvalue weighted by Crippen LogP contribution is -2.37. The number of hydrazine groups is 1. The molecule has 15 heavy (non-hydrogen) atoms. The van der Waals surface area contributed by atoms with E-state index in [1.807, 2.05) is 29.2 Å². The molecule has 4 heteroatoms. The Bertz CT molecular complexity index is 378. The van der Waals surface area contributed by atoms with E-state index in [0.717, 1.165) is 11.3 Å². The molecule has 0 saturated carbocycles. The molecule has 1 amide bonds. The quantitative estimate of drug-likeness (QED) is 0.635. The zero-order valence-electron chi connectivity index (χ0n) is 8.81. The molecule has 1 aliphatic heterocycles. The Balaban J connectivity index is 2.33. The van der Waals surface area contributed by atoms with Crippen molar-refractivity contribution >= 4 is 11.6 Å². The number of carbonyl (C=O) groups excluding carboxylic acids is 1. The maximum Gasteiger partial charge on any atom is 0.219 e. The van der Waals surface area contributed by atoms with E-state index in [0.29, 0.717) is 19.6 Å². The monoisotopic (exact) mass is 205 g/mol. The molecule has 0 fully saturated rings. The zero-order chi connectivity index (χ0) is 10.8. The molecule has 2 N–H and O–H groups in total. The van der Waals surface area contributed by atoms with E-state index in [9.17, 15) is 4.79 Å². The summed E-state index contributed by atoms with van der Waals surface area (Å²) in [5, 5.41) is 1.71. The number of para-hydroxylation sites is 1. The summed E-state index contributed by atoms with van der Waals surface area (Å²) in [6, 6.07) is 7.92. The van der Waals surface area contributed by atoms with E-state index in [4.69, 9.17) is 5.84 Å². The molecule has 0 atom stereocenters. The van der Waals surface area contributed by atoms with E-state index in [1.54, 1.807) is 11.9 Å². The molecule has 1 aromatic carbocycles. The van der Waals surface area contributed by atoms with E-state index < -0.39 is 0 Å². The molecule has 0 aliphatic carbocycles. The van der Waals surface area contributed by atoms with E-state index >= 15 is 0 Å². The van der Waals surface area contributed by atoms with Crippen molar-refractivity contribution in [1.82, 2.24) is 4.90 Å². The first-order valence-electron chi connectivity index (χ1n) is 5.04. The second kappa shape index (κ2) is 3.90. The minimum absolute atomic E-state index is 0.0973. The van der Waals surface area contributed by atoms with Crippen molar-refractivity contribution in [3.63, 3.8) is 0 Å². The molecule has 0 aromatic heterocycles. The van der Waals surface area contributed by atoms with Gasteiger partial charge >= 0.3 is 0 Å². The van der Waals surface area contributed by atoms with Gasteiger partial charge in [0.2, 0.25) is 5.91 Å². The van der Waals surface area contributed by atoms with Crippen LogP contribution < -0.4 is 10.9 Å². The average Bonchev–Trinajstić information content (AvgIpc) is 2.39. The van der Waals surface area contributed by atoms with Gasteiger partial charge < -0.3 is 9.91 Å². The van der Waals surface area contributed by atoms with Gasteiger partial charge in [-0.3, -0.25) is 4.79 Å². The van der Waals surface area contributed by atoms with Crippen molar-refractivity contribution in [1.29, 1.82) is 0 Å². The summed E-state index contributed by atoms with van der Waals surface area (Å²) in [6.07, 6.45) is 0. The highest BCUT2D eigenvalue weighted by atomic mass is 16.2. The maximum atomic E-state index is 11.3. The van der Waals surface area contributed by atoms with Gasteiger partial charge in [-0.1, -0.05) is 18.2 Å². The van der Waals surface area contributed by atoms with Crippen LogP contribution in [-0.2, 0) is 11.3 Å². The predicted molar refractivity (Wildman–Crippen MR) is 59.1 cm³/mol. The third-order valence-corrected chi connectivity index (χ3v) is 2.72. The third kappa shape index (κ3) is 1.94. The van der Waals surface area contributed by atoms with Crippen LogP contribution in [-0.4, -0.2) is 23.9 Å². The Labute approximate surface area is 89.2 Å². The normalized spacial score (nSPS) is 15.9. The number of fused-ring (bicyclic) bond motifs is 1. The number of benzene rings is 1. The van der Waals surface area contributed by atoms with Gasteiger partial charge in [0.05, 0.1) is 12.2 Å². The van der Waals surface area contributed by atoms with Crippen molar-refractivity contribution in [3.05, 3.63) is 29.8 Å². The molecule has 1 aliphatic rings. The van der Waals surface area contributed by atoms with Crippen LogP contribution in [0.25, 0.3) is 0 Å². The molecule has 2 rings (SSSR count). The summed E-state index contributed by atoms with van der Waals surface area (Å²) in [5.74, 6) is 6.00. The van der Waals surface area contributed by atoms with Crippen molar-refractivity contribution < 1.29 is 4.79 Å². The number of carbonyl (C=O) groups is 1. The van der Waals surface area contributed by atoms with Crippen LogP contribution in [0.2, 0.25) is 0 Å². The van der Waals surface area contributed by atoms with Gasteiger partial charge in [0.15, 0.2) is 0 Å². The molecular weight excluding hydrogens is 190 g/mol. The highest BCUT2D eigenvalue weighted by Gasteiger charge is 2.18. The first kappa shape index (κ1) is 9.98. The number of amides is 1. The van der Waals surface area contributed by atoms with E-state index in [2.05, 4.69) is 0 Å². The summed E-state index contributed by atoms with van der Waals surface area (Å²) >= 11 is 0. The van der Waals surface area contributed by atoms with Gasteiger partial charge in [-0.25, -0.2) is 5.84 Å². The zero-order valence-corrected chi connectivity index (χ0v) is 8.81. The number of nitrogens with zero attached hydrogens (tertiary/aromatic N) is 2. The average molecular weight is 205 g/mol. The number of anilines is 1. The van der Waals surface area contributed by atoms with Gasteiger partial charge in [-0.2, -0.15) is 0 Å². The topological polar surface area (TPSA) is 49.6 Å². The van der Waals surface area contributed by atoms with E-state index in [1.165, 1.54) is 0 Å². The lowest BCUT2D eigenvalue weighted by molar-refractivity contribution is -0.129. The lowest BCUT2D eigenvalue weighted by atomic mass is 10.1. The van der Waals surface area contributed by atoms with Crippen molar-refractivity contribution in [3.8, 4) is 0 Å². The Morgan fingerprint density at radius 2 is 2.07 bits per heavy atom. The second-order valence-electron chi connectivity index (χ2n) is 3.76. The third-order valence-electron chi connectivity index (χ3n) is 2.72. The smallest absolute Gasteiger partial charge is 0.219 e. The van der Waals surface area contributed by atoms with Gasteiger partial charge in [-0.15, -0.1) is 0 Å². The molecule has 0 bridgehead atoms. The van der Waals surface area contributed by atoms with Crippen LogP contribution in [0.1, 0.15) is 12.5 Å². The Kier molecular flexibility index (Phi) is 2.60. The summed E-state index contributed by atoms with van der Waals surface area (Å²) in [5.41, 5.74) is 2.12.